The van der Waals surface area contributed by atoms with Gasteiger partial charge in [-0.25, -0.2) is 4.98 Å². The molecule has 4 heterocycles. The van der Waals surface area contributed by atoms with Crippen LogP contribution >= 0.6 is 11.5 Å². The third-order valence-electron chi connectivity index (χ3n) is 3.88. The molecule has 3 aliphatic heterocycles. The fourth-order valence-corrected chi connectivity index (χ4v) is 3.36. The summed E-state index contributed by atoms with van der Waals surface area (Å²) in [6, 6.07) is 0.619. The molecule has 106 valence electrons. The van der Waals surface area contributed by atoms with Gasteiger partial charge >= 0.3 is 0 Å². The van der Waals surface area contributed by atoms with Gasteiger partial charge in [-0.1, -0.05) is 0 Å². The summed E-state index contributed by atoms with van der Waals surface area (Å²) in [5.41, 5.74) is 0. The van der Waals surface area contributed by atoms with Gasteiger partial charge in [0.1, 0.15) is 5.82 Å². The quantitative estimate of drug-likeness (QED) is 0.801. The minimum atomic E-state index is 0.619. The number of nitrogens with one attached hydrogen (secondary N) is 1. The zero-order valence-corrected chi connectivity index (χ0v) is 12.2. The first-order valence-corrected chi connectivity index (χ1v) is 7.64. The molecule has 1 atom stereocenters. The number of ether oxygens (including phenoxy) is 1. The zero-order valence-electron chi connectivity index (χ0n) is 11.3. The van der Waals surface area contributed by atoms with Gasteiger partial charge in [0.15, 0.2) is 0 Å². The largest absolute Gasteiger partial charge is 0.384 e. The maximum Gasteiger partial charge on any atom is 0.202 e. The third-order valence-corrected chi connectivity index (χ3v) is 4.59. The molecule has 1 unspecified atom stereocenters. The van der Waals surface area contributed by atoms with Crippen LogP contribution in [0.2, 0.25) is 0 Å². The molecule has 3 fully saturated rings. The first-order valence-electron chi connectivity index (χ1n) is 6.87. The van der Waals surface area contributed by atoms with Crippen molar-refractivity contribution in [3.63, 3.8) is 0 Å². The van der Waals surface area contributed by atoms with Gasteiger partial charge in [0.25, 0.3) is 0 Å². The van der Waals surface area contributed by atoms with Crippen LogP contribution in [0.5, 0.6) is 0 Å². The van der Waals surface area contributed by atoms with E-state index in [1.165, 1.54) is 44.3 Å². The molecule has 1 aromatic rings. The van der Waals surface area contributed by atoms with E-state index < -0.39 is 0 Å². The molecule has 6 nitrogen and oxygen atoms in total. The Labute approximate surface area is 117 Å². The lowest BCUT2D eigenvalue weighted by Gasteiger charge is -2.47. The van der Waals surface area contributed by atoms with Crippen LogP contribution in [-0.4, -0.2) is 78.2 Å². The molecular weight excluding hydrogens is 262 g/mol. The van der Waals surface area contributed by atoms with Crippen molar-refractivity contribution in [1.82, 2.24) is 19.2 Å². The van der Waals surface area contributed by atoms with E-state index in [-0.39, 0.29) is 0 Å². The van der Waals surface area contributed by atoms with Gasteiger partial charge < -0.3 is 10.1 Å². The summed E-state index contributed by atoms with van der Waals surface area (Å²) < 4.78 is 9.37. The van der Waals surface area contributed by atoms with E-state index in [2.05, 4.69) is 24.5 Å². The molecule has 1 N–H and O–H groups in total. The standard InChI is InChI=1S/C12H21N5OS/c1-18-7-2-11-14-12(19-15-11)13-8-10-9-16-3-5-17(10)6-4-16/h10H,2-9H2,1H3,(H,13,14,15). The van der Waals surface area contributed by atoms with Gasteiger partial charge in [-0.05, 0) is 0 Å². The van der Waals surface area contributed by atoms with E-state index in [1.807, 2.05) is 0 Å². The van der Waals surface area contributed by atoms with Crippen molar-refractivity contribution in [3.8, 4) is 0 Å². The van der Waals surface area contributed by atoms with E-state index in [0.29, 0.717) is 12.6 Å². The fraction of sp³-hybridized carbons (Fsp3) is 0.833. The smallest absolute Gasteiger partial charge is 0.202 e. The Bertz CT molecular complexity index is 405. The minimum Gasteiger partial charge on any atom is -0.384 e. The Morgan fingerprint density at radius 1 is 1.37 bits per heavy atom. The summed E-state index contributed by atoms with van der Waals surface area (Å²) in [5, 5.41) is 4.37. The Kier molecular flexibility index (Phi) is 4.27. The maximum absolute atomic E-state index is 5.04. The summed E-state index contributed by atoms with van der Waals surface area (Å²) >= 11 is 1.45. The highest BCUT2D eigenvalue weighted by Gasteiger charge is 2.31. The molecule has 19 heavy (non-hydrogen) atoms. The molecule has 0 radical (unpaired) electrons. The SMILES string of the molecule is COCCc1nsc(NCC2CN3CCN2CC3)n1. The van der Waals surface area contributed by atoms with Crippen LogP contribution in [0, 0.1) is 0 Å². The van der Waals surface area contributed by atoms with Gasteiger partial charge in [0.2, 0.25) is 5.13 Å². The van der Waals surface area contributed by atoms with E-state index in [4.69, 9.17) is 4.74 Å². The highest BCUT2D eigenvalue weighted by Crippen LogP contribution is 2.17. The van der Waals surface area contributed by atoms with E-state index in [9.17, 15) is 0 Å². The Balaban J connectivity index is 1.48. The summed E-state index contributed by atoms with van der Waals surface area (Å²) in [6.45, 7) is 7.72. The number of anilines is 1. The Morgan fingerprint density at radius 3 is 2.89 bits per heavy atom. The van der Waals surface area contributed by atoms with Crippen molar-refractivity contribution >= 4 is 16.7 Å². The number of rotatable bonds is 6. The van der Waals surface area contributed by atoms with Crippen molar-refractivity contribution in [2.75, 3.05) is 58.3 Å². The lowest BCUT2D eigenvalue weighted by atomic mass is 10.1. The first-order chi connectivity index (χ1) is 9.35. The zero-order chi connectivity index (χ0) is 13.1. The molecule has 0 spiro atoms. The average Bonchev–Trinajstić information content (AvgIpc) is 2.92. The summed E-state index contributed by atoms with van der Waals surface area (Å²) in [7, 11) is 1.70. The second-order valence-electron chi connectivity index (χ2n) is 5.13. The molecule has 0 aromatic carbocycles. The van der Waals surface area contributed by atoms with Crippen LogP contribution in [0.25, 0.3) is 0 Å². The highest BCUT2D eigenvalue weighted by atomic mass is 32.1. The summed E-state index contributed by atoms with van der Waals surface area (Å²) in [5.74, 6) is 0.878. The van der Waals surface area contributed by atoms with Crippen LogP contribution in [0.1, 0.15) is 5.82 Å². The minimum absolute atomic E-state index is 0.619. The molecule has 0 amide bonds. The lowest BCUT2D eigenvalue weighted by molar-refractivity contribution is 0.0189. The molecule has 2 bridgehead atoms. The highest BCUT2D eigenvalue weighted by molar-refractivity contribution is 7.09. The van der Waals surface area contributed by atoms with Crippen molar-refractivity contribution < 1.29 is 4.74 Å². The molecule has 3 aliphatic rings. The number of piperazine rings is 3. The number of hydrogen-bond donors (Lipinski definition) is 1. The lowest BCUT2D eigenvalue weighted by Crippen LogP contribution is -2.62. The number of nitrogens with zero attached hydrogens (tertiary/aromatic N) is 4. The molecule has 4 rings (SSSR count). The van der Waals surface area contributed by atoms with Crippen LogP contribution in [0.4, 0.5) is 5.13 Å². The summed E-state index contributed by atoms with van der Waals surface area (Å²) in [6.07, 6.45) is 0.790. The number of methoxy groups -OCH3 is 1. The summed E-state index contributed by atoms with van der Waals surface area (Å²) in [4.78, 5) is 9.61. The van der Waals surface area contributed by atoms with Gasteiger partial charge in [-0.15, -0.1) is 0 Å². The van der Waals surface area contributed by atoms with Gasteiger partial charge in [-0.2, -0.15) is 4.37 Å². The molecule has 1 aromatic heterocycles. The molecule has 0 aliphatic carbocycles. The first kappa shape index (κ1) is 13.2. The predicted molar refractivity (Wildman–Crippen MR) is 75.8 cm³/mol. The third kappa shape index (κ3) is 3.22. The molecule has 7 heteroatoms. The normalized spacial score (nSPS) is 29.6. The Hall–Kier alpha value is -0.760. The van der Waals surface area contributed by atoms with Crippen LogP contribution in [0.15, 0.2) is 0 Å². The van der Waals surface area contributed by atoms with Crippen molar-refractivity contribution in [2.45, 2.75) is 12.5 Å². The van der Waals surface area contributed by atoms with Gasteiger partial charge in [0, 0.05) is 70.4 Å². The second kappa shape index (κ2) is 6.13. The number of hydrogen-bond acceptors (Lipinski definition) is 7. The van der Waals surface area contributed by atoms with Crippen LogP contribution in [0.3, 0.4) is 0 Å². The van der Waals surface area contributed by atoms with Crippen LogP contribution in [-0.2, 0) is 11.2 Å². The fourth-order valence-electron chi connectivity index (χ4n) is 2.74. The monoisotopic (exact) mass is 283 g/mol. The topological polar surface area (TPSA) is 53.5 Å². The molecular formula is C12H21N5OS. The Morgan fingerprint density at radius 2 is 2.21 bits per heavy atom. The van der Waals surface area contributed by atoms with Gasteiger partial charge in [-0.3, -0.25) is 9.80 Å². The van der Waals surface area contributed by atoms with E-state index in [1.54, 1.807) is 7.11 Å². The van der Waals surface area contributed by atoms with E-state index in [0.717, 1.165) is 23.9 Å². The second-order valence-corrected chi connectivity index (χ2v) is 5.88. The van der Waals surface area contributed by atoms with Crippen molar-refractivity contribution in [1.29, 1.82) is 0 Å². The number of fused-ring (bicyclic) bond motifs is 3. The number of aromatic nitrogens is 2. The van der Waals surface area contributed by atoms with Crippen molar-refractivity contribution in [2.24, 2.45) is 0 Å². The molecule has 0 saturated carbocycles. The van der Waals surface area contributed by atoms with E-state index >= 15 is 0 Å². The van der Waals surface area contributed by atoms with Crippen molar-refractivity contribution in [3.05, 3.63) is 5.82 Å². The van der Waals surface area contributed by atoms with Gasteiger partial charge in [0.05, 0.1) is 6.61 Å². The van der Waals surface area contributed by atoms with Crippen LogP contribution < -0.4 is 5.32 Å². The predicted octanol–water partition coefficient (Wildman–Crippen LogP) is 0.139. The average molecular weight is 283 g/mol. The molecule has 3 saturated heterocycles. The maximum atomic E-state index is 5.04.